The fourth-order valence-corrected chi connectivity index (χ4v) is 5.45. The van der Waals surface area contributed by atoms with E-state index in [4.69, 9.17) is 4.74 Å². The molecule has 26 heavy (non-hydrogen) atoms. The first-order valence-corrected chi connectivity index (χ1v) is 9.86. The topological polar surface area (TPSA) is 45.3 Å². The van der Waals surface area contributed by atoms with Gasteiger partial charge in [-0.3, -0.25) is 9.69 Å². The molecule has 0 saturated carbocycles. The van der Waals surface area contributed by atoms with Gasteiger partial charge in [-0.1, -0.05) is 24.3 Å². The Kier molecular flexibility index (Phi) is 3.89. The minimum atomic E-state index is -0.180. The second-order valence-electron chi connectivity index (χ2n) is 8.06. The van der Waals surface area contributed by atoms with Crippen LogP contribution in [-0.2, 0) is 16.0 Å². The zero-order valence-corrected chi connectivity index (χ0v) is 15.3. The summed E-state index contributed by atoms with van der Waals surface area (Å²) in [5.41, 5.74) is 5.55. The fraction of sp³-hybridized carbons (Fsp3) is 0.500. The smallest absolute Gasteiger partial charge is 0.302 e. The summed E-state index contributed by atoms with van der Waals surface area (Å²) in [6, 6.07) is 9.15. The molecule has 2 aliphatic heterocycles. The van der Waals surface area contributed by atoms with Crippen molar-refractivity contribution in [1.82, 2.24) is 9.88 Å². The van der Waals surface area contributed by atoms with Crippen LogP contribution < -0.4 is 0 Å². The van der Waals surface area contributed by atoms with Crippen molar-refractivity contribution >= 4 is 16.9 Å². The van der Waals surface area contributed by atoms with Crippen molar-refractivity contribution in [2.75, 3.05) is 19.7 Å². The minimum absolute atomic E-state index is 0.180. The second-order valence-corrected chi connectivity index (χ2v) is 8.06. The Morgan fingerprint density at radius 2 is 2.23 bits per heavy atom. The Hall–Kier alpha value is -2.07. The van der Waals surface area contributed by atoms with Crippen molar-refractivity contribution < 1.29 is 9.53 Å². The Labute approximate surface area is 154 Å². The quantitative estimate of drug-likeness (QED) is 0.658. The molecule has 0 amide bonds. The number of nitrogens with one attached hydrogen (secondary N) is 1. The van der Waals surface area contributed by atoms with E-state index >= 15 is 0 Å². The Bertz CT molecular complexity index is 881. The first-order chi connectivity index (χ1) is 12.7. The van der Waals surface area contributed by atoms with Crippen LogP contribution in [0.5, 0.6) is 0 Å². The monoisotopic (exact) mass is 350 g/mol. The van der Waals surface area contributed by atoms with Gasteiger partial charge < -0.3 is 9.72 Å². The predicted octanol–water partition coefficient (Wildman–Crippen LogP) is 3.99. The number of hydrogen-bond acceptors (Lipinski definition) is 3. The minimum Gasteiger partial charge on any atom is -0.461 e. The zero-order valence-electron chi connectivity index (χ0n) is 15.3. The Morgan fingerprint density at radius 3 is 3.12 bits per heavy atom. The van der Waals surface area contributed by atoms with E-state index in [2.05, 4.69) is 40.2 Å². The maximum absolute atomic E-state index is 11.3. The molecule has 0 radical (unpaired) electrons. The maximum Gasteiger partial charge on any atom is 0.302 e. The second kappa shape index (κ2) is 6.27. The lowest BCUT2D eigenvalue weighted by Gasteiger charge is -2.48. The molecule has 3 aliphatic rings. The molecular weight excluding hydrogens is 324 g/mol. The van der Waals surface area contributed by atoms with Crippen molar-refractivity contribution in [3.63, 3.8) is 0 Å². The van der Waals surface area contributed by atoms with Crippen LogP contribution in [0.25, 0.3) is 10.9 Å². The van der Waals surface area contributed by atoms with E-state index in [0.29, 0.717) is 24.5 Å². The average Bonchev–Trinajstić information content (AvgIpc) is 3.04. The van der Waals surface area contributed by atoms with Gasteiger partial charge >= 0.3 is 5.97 Å². The maximum atomic E-state index is 11.3. The highest BCUT2D eigenvalue weighted by atomic mass is 16.5. The van der Waals surface area contributed by atoms with Gasteiger partial charge in [0.1, 0.15) is 6.61 Å². The number of aromatic amines is 1. The van der Waals surface area contributed by atoms with Gasteiger partial charge in [-0.25, -0.2) is 0 Å². The van der Waals surface area contributed by atoms with Crippen molar-refractivity contribution in [3.8, 4) is 0 Å². The molecule has 1 aromatic heterocycles. The number of H-pyrrole nitrogens is 1. The van der Waals surface area contributed by atoms with Crippen LogP contribution in [0, 0.1) is 11.8 Å². The summed E-state index contributed by atoms with van der Waals surface area (Å²) < 4.78 is 5.36. The van der Waals surface area contributed by atoms with Crippen molar-refractivity contribution in [2.45, 2.75) is 38.6 Å². The van der Waals surface area contributed by atoms with Gasteiger partial charge in [0.25, 0.3) is 0 Å². The van der Waals surface area contributed by atoms with E-state index in [0.717, 1.165) is 25.8 Å². The molecule has 0 spiro atoms. The highest BCUT2D eigenvalue weighted by molar-refractivity contribution is 5.85. The number of ether oxygens (including phenoxy) is 1. The predicted molar refractivity (Wildman–Crippen MR) is 102 cm³/mol. The van der Waals surface area contributed by atoms with Crippen molar-refractivity contribution in [1.29, 1.82) is 0 Å². The van der Waals surface area contributed by atoms with Gasteiger partial charge in [-0.2, -0.15) is 0 Å². The van der Waals surface area contributed by atoms with Crippen LogP contribution in [-0.4, -0.2) is 35.5 Å². The van der Waals surface area contributed by atoms with Crippen LogP contribution >= 0.6 is 0 Å². The van der Waals surface area contributed by atoms with E-state index in [1.807, 2.05) is 0 Å². The van der Waals surface area contributed by atoms with Crippen molar-refractivity contribution in [3.05, 3.63) is 47.2 Å². The van der Waals surface area contributed by atoms with Crippen LogP contribution in [0.15, 0.2) is 35.9 Å². The van der Waals surface area contributed by atoms with E-state index in [1.54, 1.807) is 0 Å². The first kappa shape index (κ1) is 16.1. The summed E-state index contributed by atoms with van der Waals surface area (Å²) in [4.78, 5) is 17.7. The SMILES string of the molecule is CC(=O)OCC1=CCCC2CN3CCc4c([nH]c5ccccc45)[C@@H]3C[C@H]12. The third-order valence-corrected chi connectivity index (χ3v) is 6.65. The molecule has 4 nitrogen and oxygen atoms in total. The van der Waals surface area contributed by atoms with E-state index in [1.165, 1.54) is 47.6 Å². The highest BCUT2D eigenvalue weighted by Crippen LogP contribution is 2.47. The normalized spacial score (nSPS) is 28.0. The lowest BCUT2D eigenvalue weighted by atomic mass is 9.70. The number of benzene rings is 1. The molecular formula is C22H26N2O2. The number of piperidine rings is 1. The molecule has 5 rings (SSSR count). The molecule has 4 heteroatoms. The van der Waals surface area contributed by atoms with E-state index in [-0.39, 0.29) is 5.97 Å². The number of esters is 1. The third-order valence-electron chi connectivity index (χ3n) is 6.65. The summed E-state index contributed by atoms with van der Waals surface area (Å²) in [6.45, 7) is 4.30. The first-order valence-electron chi connectivity index (χ1n) is 9.86. The number of fused-ring (bicyclic) bond motifs is 6. The number of aromatic nitrogens is 1. The van der Waals surface area contributed by atoms with Crippen molar-refractivity contribution in [2.24, 2.45) is 11.8 Å². The number of rotatable bonds is 2. The number of para-hydroxylation sites is 1. The van der Waals surface area contributed by atoms with Gasteiger partial charge in [0, 0.05) is 36.6 Å². The van der Waals surface area contributed by atoms with E-state index < -0.39 is 0 Å². The zero-order chi connectivity index (χ0) is 17.7. The fourth-order valence-electron chi connectivity index (χ4n) is 5.45. The van der Waals surface area contributed by atoms with Gasteiger partial charge in [0.15, 0.2) is 0 Å². The summed E-state index contributed by atoms with van der Waals surface area (Å²) in [6.07, 6.45) is 6.99. The molecule has 1 fully saturated rings. The van der Waals surface area contributed by atoms with Gasteiger partial charge in [0.05, 0.1) is 6.04 Å². The van der Waals surface area contributed by atoms with Gasteiger partial charge in [-0.15, -0.1) is 0 Å². The van der Waals surface area contributed by atoms with Gasteiger partial charge in [0.2, 0.25) is 0 Å². The Balaban J connectivity index is 1.47. The summed E-state index contributed by atoms with van der Waals surface area (Å²) in [5.74, 6) is 1.07. The summed E-state index contributed by atoms with van der Waals surface area (Å²) in [5, 5.41) is 1.39. The molecule has 1 unspecified atom stereocenters. The molecule has 2 aromatic rings. The van der Waals surface area contributed by atoms with Crippen LogP contribution in [0.3, 0.4) is 0 Å². The molecule has 3 atom stereocenters. The molecule has 1 aliphatic carbocycles. The number of carbonyl (C=O) groups excluding carboxylic acids is 1. The Morgan fingerprint density at radius 1 is 1.35 bits per heavy atom. The largest absolute Gasteiger partial charge is 0.461 e. The lowest BCUT2D eigenvalue weighted by Crippen LogP contribution is -2.47. The van der Waals surface area contributed by atoms with Crippen LogP contribution in [0.2, 0.25) is 0 Å². The van der Waals surface area contributed by atoms with Gasteiger partial charge in [-0.05, 0) is 54.7 Å². The lowest BCUT2D eigenvalue weighted by molar-refractivity contribution is -0.140. The average molecular weight is 350 g/mol. The van der Waals surface area contributed by atoms with Crippen LogP contribution in [0.4, 0.5) is 0 Å². The number of hydrogen-bond donors (Lipinski definition) is 1. The summed E-state index contributed by atoms with van der Waals surface area (Å²) >= 11 is 0. The molecule has 136 valence electrons. The standard InChI is InChI=1S/C22H26N2O2/c1-14(25)26-13-16-6-4-5-15-12-24-10-9-18-17-7-2-3-8-20(17)23-22(18)21(24)11-19(15)16/h2-3,6-8,15,19,21,23H,4-5,9-13H2,1H3/t15?,19-,21-/m0/s1. The number of nitrogens with zero attached hydrogens (tertiary/aromatic N) is 1. The molecule has 1 aromatic carbocycles. The summed E-state index contributed by atoms with van der Waals surface area (Å²) in [7, 11) is 0. The number of carbonyl (C=O) groups is 1. The molecule has 3 heterocycles. The third kappa shape index (κ3) is 2.59. The molecule has 0 bridgehead atoms. The van der Waals surface area contributed by atoms with Crippen LogP contribution in [0.1, 0.15) is 43.5 Å². The molecule has 1 saturated heterocycles. The highest BCUT2D eigenvalue weighted by Gasteiger charge is 2.42. The van der Waals surface area contributed by atoms with E-state index in [9.17, 15) is 4.79 Å². The molecule has 1 N–H and O–H groups in total. The number of allylic oxidation sites excluding steroid dienone is 1.